The lowest BCUT2D eigenvalue weighted by molar-refractivity contribution is 0.348. The Morgan fingerprint density at radius 2 is 2.08 bits per heavy atom. The average molecular weight is 460 g/mol. The van der Waals surface area contributed by atoms with E-state index in [1.165, 1.54) is 25.7 Å². The number of aliphatic imine (C=N–C) groups is 1. The molecule has 6 nitrogen and oxygen atoms in total. The monoisotopic (exact) mass is 460 g/mol. The normalized spacial score (nSPS) is 22.2. The first-order valence-corrected chi connectivity index (χ1v) is 9.59. The van der Waals surface area contributed by atoms with Crippen LogP contribution in [-0.4, -0.2) is 39.9 Å². The van der Waals surface area contributed by atoms with Crippen molar-refractivity contribution in [1.82, 2.24) is 25.4 Å². The lowest BCUT2D eigenvalue weighted by Gasteiger charge is -2.26. The lowest BCUT2D eigenvalue weighted by Crippen LogP contribution is -2.47. The minimum Gasteiger partial charge on any atom is -0.357 e. The van der Waals surface area contributed by atoms with Crippen LogP contribution in [0.25, 0.3) is 0 Å². The lowest BCUT2D eigenvalue weighted by atomic mass is 9.89. The Bertz CT molecular complexity index is 576. The molecule has 0 aromatic carbocycles. The number of hydrogen-bond acceptors (Lipinski definition) is 3. The second kappa shape index (κ2) is 9.19. The number of halogens is 1. The molecular weight excluding hydrogens is 427 g/mol. The quantitative estimate of drug-likeness (QED) is 0.403. The summed E-state index contributed by atoms with van der Waals surface area (Å²) in [6.07, 6.45) is 8.30. The Balaban J connectivity index is 0.00000225. The average Bonchev–Trinajstić information content (AvgIpc) is 3.19. The van der Waals surface area contributed by atoms with E-state index < -0.39 is 0 Å². The van der Waals surface area contributed by atoms with Crippen molar-refractivity contribution in [3.8, 4) is 0 Å². The van der Waals surface area contributed by atoms with Crippen molar-refractivity contribution < 1.29 is 0 Å². The molecule has 1 aliphatic heterocycles. The van der Waals surface area contributed by atoms with Crippen molar-refractivity contribution in [3.05, 3.63) is 11.6 Å². The Morgan fingerprint density at radius 1 is 1.32 bits per heavy atom. The standard InChI is InChI=1S/C18H32N6.HI/c1-4-15-22-16-9-8-14(12-24(16)23-15)21-17(19-5-2)20-13-18(3)10-6-7-11-18;/h14H,4-13H2,1-3H3,(H2,19,20,21);1H. The maximum atomic E-state index is 4.89. The molecular formula is C18H33IN6. The van der Waals surface area contributed by atoms with Gasteiger partial charge in [-0.25, -0.2) is 9.67 Å². The summed E-state index contributed by atoms with van der Waals surface area (Å²) in [5.41, 5.74) is 0.393. The number of aromatic nitrogens is 3. The molecule has 25 heavy (non-hydrogen) atoms. The van der Waals surface area contributed by atoms with Crippen LogP contribution in [0.2, 0.25) is 0 Å². The van der Waals surface area contributed by atoms with Crippen LogP contribution in [-0.2, 0) is 19.4 Å². The molecule has 1 atom stereocenters. The minimum atomic E-state index is 0. The van der Waals surface area contributed by atoms with Crippen LogP contribution >= 0.6 is 24.0 Å². The summed E-state index contributed by atoms with van der Waals surface area (Å²) in [6.45, 7) is 9.30. The third-order valence-electron chi connectivity index (χ3n) is 5.33. The number of aryl methyl sites for hydroxylation is 2. The first-order valence-electron chi connectivity index (χ1n) is 9.59. The molecule has 2 aliphatic rings. The van der Waals surface area contributed by atoms with E-state index >= 15 is 0 Å². The molecule has 2 heterocycles. The van der Waals surface area contributed by atoms with Gasteiger partial charge in [-0.05, 0) is 31.6 Å². The van der Waals surface area contributed by atoms with Crippen LogP contribution in [0.15, 0.2) is 4.99 Å². The summed E-state index contributed by atoms with van der Waals surface area (Å²) in [6, 6.07) is 0.373. The highest BCUT2D eigenvalue weighted by Gasteiger charge is 2.28. The minimum absolute atomic E-state index is 0. The van der Waals surface area contributed by atoms with E-state index in [1.54, 1.807) is 0 Å². The third-order valence-corrected chi connectivity index (χ3v) is 5.33. The van der Waals surface area contributed by atoms with Gasteiger partial charge in [-0.2, -0.15) is 5.10 Å². The van der Waals surface area contributed by atoms with Gasteiger partial charge in [0.1, 0.15) is 5.82 Å². The molecule has 7 heteroatoms. The van der Waals surface area contributed by atoms with Gasteiger partial charge in [-0.1, -0.05) is 26.7 Å². The van der Waals surface area contributed by atoms with Crippen molar-refractivity contribution in [1.29, 1.82) is 0 Å². The van der Waals surface area contributed by atoms with Crippen LogP contribution in [0.1, 0.15) is 64.5 Å². The first kappa shape index (κ1) is 20.5. The highest BCUT2D eigenvalue weighted by molar-refractivity contribution is 14.0. The second-order valence-electron chi connectivity index (χ2n) is 7.57. The molecule has 0 amide bonds. The van der Waals surface area contributed by atoms with Gasteiger partial charge in [0.15, 0.2) is 11.8 Å². The fourth-order valence-corrected chi connectivity index (χ4v) is 3.80. The Morgan fingerprint density at radius 3 is 2.76 bits per heavy atom. The number of nitrogens with zero attached hydrogens (tertiary/aromatic N) is 4. The molecule has 0 spiro atoms. The highest BCUT2D eigenvalue weighted by Crippen LogP contribution is 2.37. The molecule has 1 unspecified atom stereocenters. The molecule has 1 aromatic heterocycles. The molecule has 0 bridgehead atoms. The maximum absolute atomic E-state index is 4.89. The fourth-order valence-electron chi connectivity index (χ4n) is 3.80. The topological polar surface area (TPSA) is 67.1 Å². The smallest absolute Gasteiger partial charge is 0.191 e. The Labute approximate surface area is 168 Å². The van der Waals surface area contributed by atoms with E-state index in [2.05, 4.69) is 46.2 Å². The van der Waals surface area contributed by atoms with Gasteiger partial charge in [0.25, 0.3) is 0 Å². The van der Waals surface area contributed by atoms with E-state index in [0.29, 0.717) is 11.5 Å². The number of hydrogen-bond donors (Lipinski definition) is 2. The Kier molecular flexibility index (Phi) is 7.51. The van der Waals surface area contributed by atoms with Gasteiger partial charge in [-0.15, -0.1) is 24.0 Å². The largest absolute Gasteiger partial charge is 0.357 e. The zero-order chi connectivity index (χ0) is 17.0. The van der Waals surface area contributed by atoms with Gasteiger partial charge in [0.05, 0.1) is 6.54 Å². The predicted molar refractivity (Wildman–Crippen MR) is 113 cm³/mol. The van der Waals surface area contributed by atoms with Crippen molar-refractivity contribution >= 4 is 29.9 Å². The van der Waals surface area contributed by atoms with E-state index in [-0.39, 0.29) is 24.0 Å². The molecule has 142 valence electrons. The first-order chi connectivity index (χ1) is 11.6. The van der Waals surface area contributed by atoms with Gasteiger partial charge in [0, 0.05) is 32.0 Å². The molecule has 1 aliphatic carbocycles. The number of fused-ring (bicyclic) bond motifs is 1. The van der Waals surface area contributed by atoms with Crippen LogP contribution in [0.5, 0.6) is 0 Å². The summed E-state index contributed by atoms with van der Waals surface area (Å²) < 4.78 is 2.07. The van der Waals surface area contributed by atoms with E-state index in [1.807, 2.05) is 0 Å². The van der Waals surface area contributed by atoms with E-state index in [4.69, 9.17) is 4.99 Å². The van der Waals surface area contributed by atoms with Gasteiger partial charge in [0.2, 0.25) is 0 Å². The van der Waals surface area contributed by atoms with E-state index in [0.717, 1.165) is 56.5 Å². The van der Waals surface area contributed by atoms with Crippen molar-refractivity contribution in [3.63, 3.8) is 0 Å². The summed E-state index contributed by atoms with van der Waals surface area (Å²) in [5, 5.41) is 11.6. The number of nitrogens with one attached hydrogen (secondary N) is 2. The summed E-state index contributed by atoms with van der Waals surface area (Å²) in [4.78, 5) is 9.48. The van der Waals surface area contributed by atoms with Crippen LogP contribution in [0.3, 0.4) is 0 Å². The highest BCUT2D eigenvalue weighted by atomic mass is 127. The van der Waals surface area contributed by atoms with Crippen molar-refractivity contribution in [2.24, 2.45) is 10.4 Å². The second-order valence-corrected chi connectivity index (χ2v) is 7.57. The molecule has 1 fully saturated rings. The van der Waals surface area contributed by atoms with Gasteiger partial charge >= 0.3 is 0 Å². The Hall–Kier alpha value is -0.860. The van der Waals surface area contributed by atoms with Gasteiger partial charge in [-0.3, -0.25) is 4.99 Å². The molecule has 3 rings (SSSR count). The zero-order valence-corrected chi connectivity index (χ0v) is 18.2. The third kappa shape index (κ3) is 5.31. The van der Waals surface area contributed by atoms with E-state index in [9.17, 15) is 0 Å². The van der Waals surface area contributed by atoms with Gasteiger partial charge < -0.3 is 10.6 Å². The van der Waals surface area contributed by atoms with Crippen molar-refractivity contribution in [2.45, 2.75) is 78.3 Å². The summed E-state index contributed by atoms with van der Waals surface area (Å²) in [5.74, 6) is 3.04. The maximum Gasteiger partial charge on any atom is 0.191 e. The number of rotatable bonds is 5. The van der Waals surface area contributed by atoms with Crippen LogP contribution in [0.4, 0.5) is 0 Å². The van der Waals surface area contributed by atoms with Crippen LogP contribution in [0, 0.1) is 5.41 Å². The summed E-state index contributed by atoms with van der Waals surface area (Å²) >= 11 is 0. The molecule has 1 aromatic rings. The molecule has 2 N–H and O–H groups in total. The molecule has 0 saturated heterocycles. The fraction of sp³-hybridized carbons (Fsp3) is 0.833. The zero-order valence-electron chi connectivity index (χ0n) is 15.8. The molecule has 1 saturated carbocycles. The predicted octanol–water partition coefficient (Wildman–Crippen LogP) is 2.91. The summed E-state index contributed by atoms with van der Waals surface area (Å²) in [7, 11) is 0. The molecule has 0 radical (unpaired) electrons. The van der Waals surface area contributed by atoms with Crippen molar-refractivity contribution in [2.75, 3.05) is 13.1 Å². The number of guanidine groups is 1. The van der Waals surface area contributed by atoms with Crippen LogP contribution < -0.4 is 10.6 Å². The SMILES string of the molecule is CCNC(=NCC1(C)CCCC1)NC1CCc2nc(CC)nn2C1.I.